The van der Waals surface area contributed by atoms with Gasteiger partial charge in [0.25, 0.3) is 0 Å². The van der Waals surface area contributed by atoms with Crippen LogP contribution in [0.1, 0.15) is 28.4 Å². The van der Waals surface area contributed by atoms with Gasteiger partial charge < -0.3 is 0 Å². The molecule has 0 atom stereocenters. The van der Waals surface area contributed by atoms with Gasteiger partial charge >= 0.3 is 0 Å². The van der Waals surface area contributed by atoms with E-state index in [0.717, 1.165) is 12.0 Å². The summed E-state index contributed by atoms with van der Waals surface area (Å²) < 4.78 is 13.6. The van der Waals surface area contributed by atoms with Crippen LogP contribution in [0.2, 0.25) is 5.02 Å². The van der Waals surface area contributed by atoms with Gasteiger partial charge in [-0.15, -0.1) is 0 Å². The zero-order valence-electron chi connectivity index (χ0n) is 10.6. The Morgan fingerprint density at radius 2 is 1.95 bits per heavy atom. The number of hydrogen-bond donors (Lipinski definition) is 0. The van der Waals surface area contributed by atoms with Crippen LogP contribution < -0.4 is 0 Å². The minimum atomic E-state index is -0.438. The van der Waals surface area contributed by atoms with Crippen LogP contribution in [0.15, 0.2) is 42.5 Å². The van der Waals surface area contributed by atoms with Crippen molar-refractivity contribution in [1.29, 1.82) is 0 Å². The smallest absolute Gasteiger partial charge is 0.167 e. The number of halogens is 2. The summed E-state index contributed by atoms with van der Waals surface area (Å²) in [5, 5.41) is 0.292. The summed E-state index contributed by atoms with van der Waals surface area (Å²) in [5.41, 5.74) is 1.94. The highest BCUT2D eigenvalue weighted by Gasteiger charge is 2.13. The molecule has 0 fully saturated rings. The molecule has 19 heavy (non-hydrogen) atoms. The molecule has 0 aromatic heterocycles. The van der Waals surface area contributed by atoms with Gasteiger partial charge in [-0.1, -0.05) is 42.8 Å². The van der Waals surface area contributed by atoms with Gasteiger partial charge in [0.2, 0.25) is 0 Å². The SMILES string of the molecule is CCc1cccc(C(=O)Cc2c(F)cccc2Cl)c1. The number of ketones is 1. The molecule has 0 aliphatic heterocycles. The molecule has 0 amide bonds. The second kappa shape index (κ2) is 5.98. The maximum absolute atomic E-state index is 13.6. The first kappa shape index (κ1) is 13.8. The second-order valence-electron chi connectivity index (χ2n) is 4.35. The second-order valence-corrected chi connectivity index (χ2v) is 4.76. The van der Waals surface area contributed by atoms with E-state index >= 15 is 0 Å². The highest BCUT2D eigenvalue weighted by Crippen LogP contribution is 2.21. The molecular weight excluding hydrogens is 263 g/mol. The third-order valence-corrected chi connectivity index (χ3v) is 3.41. The van der Waals surface area contributed by atoms with Crippen LogP contribution in [0.25, 0.3) is 0 Å². The molecule has 3 heteroatoms. The van der Waals surface area contributed by atoms with Crippen molar-refractivity contribution >= 4 is 17.4 Å². The quantitative estimate of drug-likeness (QED) is 0.753. The van der Waals surface area contributed by atoms with Gasteiger partial charge in [-0.2, -0.15) is 0 Å². The van der Waals surface area contributed by atoms with Crippen LogP contribution in [0.5, 0.6) is 0 Å². The summed E-state index contributed by atoms with van der Waals surface area (Å²) in [4.78, 5) is 12.2. The highest BCUT2D eigenvalue weighted by atomic mass is 35.5. The summed E-state index contributed by atoms with van der Waals surface area (Å²) in [6.07, 6.45) is 0.847. The van der Waals surface area contributed by atoms with Gasteiger partial charge in [0.1, 0.15) is 5.82 Å². The van der Waals surface area contributed by atoms with Crippen LogP contribution in [-0.2, 0) is 12.8 Å². The first-order valence-corrected chi connectivity index (χ1v) is 6.54. The normalized spacial score (nSPS) is 10.5. The Kier molecular flexibility index (Phi) is 4.33. The molecule has 0 bridgehead atoms. The number of carbonyl (C=O) groups excluding carboxylic acids is 1. The van der Waals surface area contributed by atoms with E-state index in [2.05, 4.69) is 0 Å². The molecule has 0 saturated heterocycles. The molecule has 1 nitrogen and oxygen atoms in total. The zero-order chi connectivity index (χ0) is 13.8. The summed E-state index contributed by atoms with van der Waals surface area (Å²) in [7, 11) is 0. The first-order valence-electron chi connectivity index (χ1n) is 6.17. The lowest BCUT2D eigenvalue weighted by atomic mass is 10.0. The van der Waals surface area contributed by atoms with Gasteiger partial charge in [0.05, 0.1) is 0 Å². The van der Waals surface area contributed by atoms with E-state index in [1.165, 1.54) is 12.1 Å². The van der Waals surface area contributed by atoms with Gasteiger partial charge in [-0.3, -0.25) is 4.79 Å². The van der Waals surface area contributed by atoms with Crippen molar-refractivity contribution in [3.8, 4) is 0 Å². The lowest BCUT2D eigenvalue weighted by molar-refractivity contribution is 0.0991. The van der Waals surface area contributed by atoms with Gasteiger partial charge in [0, 0.05) is 22.6 Å². The van der Waals surface area contributed by atoms with Gasteiger partial charge in [-0.05, 0) is 30.2 Å². The van der Waals surface area contributed by atoms with Crippen molar-refractivity contribution < 1.29 is 9.18 Å². The fourth-order valence-electron chi connectivity index (χ4n) is 1.93. The van der Waals surface area contributed by atoms with Crippen molar-refractivity contribution in [2.45, 2.75) is 19.8 Å². The Morgan fingerprint density at radius 1 is 1.21 bits per heavy atom. The van der Waals surface area contributed by atoms with Crippen LogP contribution in [0, 0.1) is 5.82 Å². The monoisotopic (exact) mass is 276 g/mol. The highest BCUT2D eigenvalue weighted by molar-refractivity contribution is 6.31. The standard InChI is InChI=1S/C16H14ClFO/c1-2-11-5-3-6-12(9-11)16(19)10-13-14(17)7-4-8-15(13)18/h3-9H,2,10H2,1H3. The molecule has 0 heterocycles. The number of hydrogen-bond acceptors (Lipinski definition) is 1. The lowest BCUT2D eigenvalue weighted by Gasteiger charge is -2.06. The Hall–Kier alpha value is -1.67. The largest absolute Gasteiger partial charge is 0.294 e. The van der Waals surface area contributed by atoms with Crippen molar-refractivity contribution in [2.24, 2.45) is 0 Å². The van der Waals surface area contributed by atoms with E-state index in [4.69, 9.17) is 11.6 Å². The zero-order valence-corrected chi connectivity index (χ0v) is 11.4. The number of aryl methyl sites for hydroxylation is 1. The van der Waals surface area contributed by atoms with Crippen LogP contribution in [-0.4, -0.2) is 5.78 Å². The summed E-state index contributed by atoms with van der Waals surface area (Å²) in [5.74, 6) is -0.560. The topological polar surface area (TPSA) is 17.1 Å². The third kappa shape index (κ3) is 3.21. The Balaban J connectivity index is 2.25. The minimum Gasteiger partial charge on any atom is -0.294 e. The predicted molar refractivity (Wildman–Crippen MR) is 75.3 cm³/mol. The maximum Gasteiger partial charge on any atom is 0.167 e. The molecule has 2 aromatic carbocycles. The van der Waals surface area contributed by atoms with E-state index in [9.17, 15) is 9.18 Å². The fraction of sp³-hybridized carbons (Fsp3) is 0.188. The summed E-state index contributed by atoms with van der Waals surface area (Å²) in [6.45, 7) is 2.03. The maximum atomic E-state index is 13.6. The molecule has 2 aromatic rings. The Labute approximate surface area is 117 Å². The first-order chi connectivity index (χ1) is 9.11. The molecule has 0 radical (unpaired) electrons. The molecule has 0 N–H and O–H groups in total. The van der Waals surface area contributed by atoms with E-state index in [0.29, 0.717) is 10.6 Å². The molecule has 0 aliphatic carbocycles. The van der Waals surface area contributed by atoms with Gasteiger partial charge in [-0.25, -0.2) is 4.39 Å². The molecular formula is C16H14ClFO. The average molecular weight is 277 g/mol. The Bertz CT molecular complexity index is 587. The molecule has 98 valence electrons. The van der Waals surface area contributed by atoms with E-state index in [1.807, 2.05) is 25.1 Å². The van der Waals surface area contributed by atoms with E-state index in [1.54, 1.807) is 12.1 Å². The van der Waals surface area contributed by atoms with Gasteiger partial charge in [0.15, 0.2) is 5.78 Å². The van der Waals surface area contributed by atoms with Crippen LogP contribution in [0.4, 0.5) is 4.39 Å². The molecule has 2 rings (SSSR count). The van der Waals surface area contributed by atoms with E-state index in [-0.39, 0.29) is 17.8 Å². The number of Topliss-reactive ketones (excluding diaryl/α,β-unsaturated/α-hetero) is 1. The number of rotatable bonds is 4. The van der Waals surface area contributed by atoms with Crippen molar-refractivity contribution in [1.82, 2.24) is 0 Å². The molecule has 0 unspecified atom stereocenters. The molecule has 0 saturated carbocycles. The minimum absolute atomic E-state index is 0.0152. The molecule has 0 spiro atoms. The van der Waals surface area contributed by atoms with Crippen molar-refractivity contribution in [3.05, 3.63) is 70.0 Å². The number of carbonyl (C=O) groups is 1. The summed E-state index contributed by atoms with van der Waals surface area (Å²) in [6, 6.07) is 11.8. The number of benzene rings is 2. The van der Waals surface area contributed by atoms with E-state index < -0.39 is 5.82 Å². The Morgan fingerprint density at radius 3 is 2.63 bits per heavy atom. The molecule has 0 aliphatic rings. The van der Waals surface area contributed by atoms with Crippen LogP contribution >= 0.6 is 11.6 Å². The fourth-order valence-corrected chi connectivity index (χ4v) is 2.16. The van der Waals surface area contributed by atoms with Crippen molar-refractivity contribution in [3.63, 3.8) is 0 Å². The summed E-state index contributed by atoms with van der Waals surface area (Å²) >= 11 is 5.93. The lowest BCUT2D eigenvalue weighted by Crippen LogP contribution is -2.06. The van der Waals surface area contributed by atoms with Crippen molar-refractivity contribution in [2.75, 3.05) is 0 Å². The third-order valence-electron chi connectivity index (χ3n) is 3.06. The van der Waals surface area contributed by atoms with Crippen LogP contribution in [0.3, 0.4) is 0 Å². The average Bonchev–Trinajstić information content (AvgIpc) is 2.43. The predicted octanol–water partition coefficient (Wildman–Crippen LogP) is 4.47.